The van der Waals surface area contributed by atoms with Crippen LogP contribution < -0.4 is 10.2 Å². The molecule has 3 nitrogen and oxygen atoms in total. The van der Waals surface area contributed by atoms with Crippen molar-refractivity contribution >= 4 is 5.69 Å². The number of aryl methyl sites for hydroxylation is 1. The van der Waals surface area contributed by atoms with Crippen molar-refractivity contribution < 1.29 is 5.11 Å². The van der Waals surface area contributed by atoms with Crippen molar-refractivity contribution in [1.82, 2.24) is 5.32 Å². The largest absolute Gasteiger partial charge is 0.396 e. The Hall–Kier alpha value is -1.06. The standard InChI is InChI=1S/C17H28N2O/c1-13(2)9-18-10-16-4-5-17(8-14(16)3)19-7-6-15(11-19)12-20/h4-5,8,13,15,18,20H,6-7,9-12H2,1-3H3. The second-order valence-electron chi connectivity index (χ2n) is 6.42. The third-order valence-electron chi connectivity index (χ3n) is 4.10. The van der Waals surface area contributed by atoms with Crippen LogP contribution in [0.1, 0.15) is 31.4 Å². The van der Waals surface area contributed by atoms with E-state index < -0.39 is 0 Å². The summed E-state index contributed by atoms with van der Waals surface area (Å²) in [5, 5.41) is 12.7. The highest BCUT2D eigenvalue weighted by Gasteiger charge is 2.22. The molecule has 0 amide bonds. The average molecular weight is 276 g/mol. The number of benzene rings is 1. The molecule has 1 fully saturated rings. The highest BCUT2D eigenvalue weighted by molar-refractivity contribution is 5.51. The van der Waals surface area contributed by atoms with E-state index in [-0.39, 0.29) is 0 Å². The lowest BCUT2D eigenvalue weighted by Gasteiger charge is -2.20. The summed E-state index contributed by atoms with van der Waals surface area (Å²) in [6, 6.07) is 6.75. The van der Waals surface area contributed by atoms with Crippen LogP contribution in [0, 0.1) is 18.8 Å². The van der Waals surface area contributed by atoms with Gasteiger partial charge in [0.2, 0.25) is 0 Å². The zero-order chi connectivity index (χ0) is 14.5. The van der Waals surface area contributed by atoms with Gasteiger partial charge in [0.1, 0.15) is 0 Å². The van der Waals surface area contributed by atoms with Crippen LogP contribution in [-0.2, 0) is 6.54 Å². The molecule has 112 valence electrons. The predicted molar refractivity (Wildman–Crippen MR) is 85.1 cm³/mol. The van der Waals surface area contributed by atoms with Gasteiger partial charge >= 0.3 is 0 Å². The Labute approximate surface area is 123 Å². The lowest BCUT2D eigenvalue weighted by molar-refractivity contribution is 0.238. The van der Waals surface area contributed by atoms with E-state index in [1.54, 1.807) is 0 Å². The van der Waals surface area contributed by atoms with Crippen molar-refractivity contribution in [1.29, 1.82) is 0 Å². The molecule has 1 aromatic rings. The van der Waals surface area contributed by atoms with Gasteiger partial charge in [0.15, 0.2) is 0 Å². The molecule has 3 heteroatoms. The van der Waals surface area contributed by atoms with E-state index in [2.05, 4.69) is 49.2 Å². The van der Waals surface area contributed by atoms with E-state index >= 15 is 0 Å². The summed E-state index contributed by atoms with van der Waals surface area (Å²) in [7, 11) is 0. The number of anilines is 1. The average Bonchev–Trinajstić information content (AvgIpc) is 2.89. The molecular weight excluding hydrogens is 248 g/mol. The number of aliphatic hydroxyl groups is 1. The first-order valence-corrected chi connectivity index (χ1v) is 7.76. The summed E-state index contributed by atoms with van der Waals surface area (Å²) in [5.74, 6) is 1.14. The molecule has 0 spiro atoms. The molecule has 20 heavy (non-hydrogen) atoms. The highest BCUT2D eigenvalue weighted by Crippen LogP contribution is 2.25. The fraction of sp³-hybridized carbons (Fsp3) is 0.647. The van der Waals surface area contributed by atoms with Gasteiger partial charge in [-0.05, 0) is 49.1 Å². The normalized spacial score (nSPS) is 19.1. The quantitative estimate of drug-likeness (QED) is 0.838. The lowest BCUT2D eigenvalue weighted by atomic mass is 10.1. The lowest BCUT2D eigenvalue weighted by Crippen LogP contribution is -2.21. The van der Waals surface area contributed by atoms with Crippen molar-refractivity contribution in [3.8, 4) is 0 Å². The smallest absolute Gasteiger partial charge is 0.0476 e. The Bertz CT molecular complexity index is 431. The fourth-order valence-corrected chi connectivity index (χ4v) is 2.79. The summed E-state index contributed by atoms with van der Waals surface area (Å²) in [6.45, 7) is 11.0. The third kappa shape index (κ3) is 3.97. The minimum Gasteiger partial charge on any atom is -0.396 e. The second kappa shape index (κ2) is 7.09. The van der Waals surface area contributed by atoms with Gasteiger partial charge in [-0.15, -0.1) is 0 Å². The number of rotatable bonds is 6. The molecule has 0 bridgehead atoms. The second-order valence-corrected chi connectivity index (χ2v) is 6.42. The van der Waals surface area contributed by atoms with E-state index in [0.717, 1.165) is 32.6 Å². The van der Waals surface area contributed by atoms with E-state index in [9.17, 15) is 5.11 Å². The van der Waals surface area contributed by atoms with Crippen LogP contribution in [0.5, 0.6) is 0 Å². The number of hydrogen-bond donors (Lipinski definition) is 2. The summed E-state index contributed by atoms with van der Waals surface area (Å²) in [6.07, 6.45) is 1.10. The summed E-state index contributed by atoms with van der Waals surface area (Å²) >= 11 is 0. The minimum absolute atomic E-state index is 0.312. The monoisotopic (exact) mass is 276 g/mol. The molecule has 2 rings (SSSR count). The van der Waals surface area contributed by atoms with Crippen LogP contribution >= 0.6 is 0 Å². The molecular formula is C17H28N2O. The van der Waals surface area contributed by atoms with Crippen molar-refractivity contribution in [3.63, 3.8) is 0 Å². The fourth-order valence-electron chi connectivity index (χ4n) is 2.79. The molecule has 1 saturated heterocycles. The van der Waals surface area contributed by atoms with Gasteiger partial charge in [-0.2, -0.15) is 0 Å². The summed E-state index contributed by atoms with van der Waals surface area (Å²) in [5.41, 5.74) is 4.03. The zero-order valence-electron chi connectivity index (χ0n) is 13.0. The third-order valence-corrected chi connectivity index (χ3v) is 4.10. The SMILES string of the molecule is Cc1cc(N2CCC(CO)C2)ccc1CNCC(C)C. The van der Waals surface area contributed by atoms with E-state index in [1.807, 2.05) is 0 Å². The Morgan fingerprint density at radius 1 is 1.40 bits per heavy atom. The van der Waals surface area contributed by atoms with Crippen molar-refractivity contribution in [3.05, 3.63) is 29.3 Å². The van der Waals surface area contributed by atoms with E-state index in [4.69, 9.17) is 0 Å². The first-order chi connectivity index (χ1) is 9.60. The first-order valence-electron chi connectivity index (χ1n) is 7.76. The van der Waals surface area contributed by atoms with Gasteiger partial charge in [0, 0.05) is 37.8 Å². The summed E-state index contributed by atoms with van der Waals surface area (Å²) in [4.78, 5) is 2.39. The molecule has 2 N–H and O–H groups in total. The van der Waals surface area contributed by atoms with Gasteiger partial charge in [-0.25, -0.2) is 0 Å². The van der Waals surface area contributed by atoms with Crippen LogP contribution in [0.15, 0.2) is 18.2 Å². The van der Waals surface area contributed by atoms with Gasteiger partial charge in [-0.1, -0.05) is 19.9 Å². The molecule has 0 radical (unpaired) electrons. The Morgan fingerprint density at radius 3 is 2.80 bits per heavy atom. The summed E-state index contributed by atoms with van der Waals surface area (Å²) < 4.78 is 0. The number of hydrogen-bond acceptors (Lipinski definition) is 3. The maximum Gasteiger partial charge on any atom is 0.0476 e. The molecule has 0 aliphatic carbocycles. The molecule has 1 unspecified atom stereocenters. The zero-order valence-corrected chi connectivity index (χ0v) is 13.0. The molecule has 1 atom stereocenters. The maximum atomic E-state index is 9.24. The van der Waals surface area contributed by atoms with Crippen LogP contribution in [0.4, 0.5) is 5.69 Å². The van der Waals surface area contributed by atoms with Gasteiger partial charge in [0.25, 0.3) is 0 Å². The van der Waals surface area contributed by atoms with Crippen LogP contribution in [0.2, 0.25) is 0 Å². The van der Waals surface area contributed by atoms with Gasteiger partial charge < -0.3 is 15.3 Å². The Morgan fingerprint density at radius 2 is 2.20 bits per heavy atom. The van der Waals surface area contributed by atoms with Gasteiger partial charge in [-0.3, -0.25) is 0 Å². The van der Waals surface area contributed by atoms with E-state index in [1.165, 1.54) is 16.8 Å². The van der Waals surface area contributed by atoms with Crippen LogP contribution in [0.3, 0.4) is 0 Å². The van der Waals surface area contributed by atoms with Crippen molar-refractivity contribution in [2.45, 2.75) is 33.7 Å². The number of aliphatic hydroxyl groups excluding tert-OH is 1. The number of nitrogens with one attached hydrogen (secondary N) is 1. The first kappa shape index (κ1) is 15.3. The molecule has 1 aliphatic rings. The Balaban J connectivity index is 1.95. The minimum atomic E-state index is 0.312. The molecule has 1 heterocycles. The van der Waals surface area contributed by atoms with E-state index in [0.29, 0.717) is 18.4 Å². The molecule has 1 aromatic carbocycles. The molecule has 0 saturated carbocycles. The maximum absolute atomic E-state index is 9.24. The molecule has 0 aromatic heterocycles. The topological polar surface area (TPSA) is 35.5 Å². The number of nitrogens with zero attached hydrogens (tertiary/aromatic N) is 1. The predicted octanol–water partition coefficient (Wildman–Crippen LogP) is 2.56. The van der Waals surface area contributed by atoms with Crippen LogP contribution in [0.25, 0.3) is 0 Å². The highest BCUT2D eigenvalue weighted by atomic mass is 16.3. The Kier molecular flexibility index (Phi) is 5.44. The van der Waals surface area contributed by atoms with Crippen molar-refractivity contribution in [2.24, 2.45) is 11.8 Å². The molecule has 1 aliphatic heterocycles. The van der Waals surface area contributed by atoms with Crippen molar-refractivity contribution in [2.75, 3.05) is 31.1 Å². The van der Waals surface area contributed by atoms with Crippen LogP contribution in [-0.4, -0.2) is 31.3 Å². The van der Waals surface area contributed by atoms with Gasteiger partial charge in [0.05, 0.1) is 0 Å².